The molecule has 1 amide bonds. The highest BCUT2D eigenvalue weighted by atomic mass is 35.5. The molecule has 1 aromatic carbocycles. The molecule has 0 N–H and O–H groups in total. The maximum Gasteiger partial charge on any atom is 0.311 e. The van der Waals surface area contributed by atoms with Crippen LogP contribution in [0.15, 0.2) is 24.3 Å². The van der Waals surface area contributed by atoms with Crippen LogP contribution in [-0.2, 0) is 44.0 Å². The Labute approximate surface area is 267 Å². The van der Waals surface area contributed by atoms with Crippen LogP contribution < -0.4 is 0 Å². The van der Waals surface area contributed by atoms with Gasteiger partial charge in [0, 0.05) is 35.1 Å². The molecule has 0 bridgehead atoms. The summed E-state index contributed by atoms with van der Waals surface area (Å²) in [5, 5.41) is 5.54. The largest absolute Gasteiger partial charge is 0.469 e. The van der Waals surface area contributed by atoms with Crippen LogP contribution in [0.5, 0.6) is 0 Å². The number of esters is 1. The van der Waals surface area contributed by atoms with Gasteiger partial charge < -0.3 is 9.64 Å². The Kier molecular flexibility index (Phi) is 11.6. The van der Waals surface area contributed by atoms with E-state index in [-0.39, 0.29) is 35.7 Å². The first-order valence-corrected chi connectivity index (χ1v) is 16.6. The number of alkyl halides is 1. The van der Waals surface area contributed by atoms with Crippen molar-refractivity contribution in [3.63, 3.8) is 0 Å². The van der Waals surface area contributed by atoms with Gasteiger partial charge in [-0.05, 0) is 59.9 Å². The van der Waals surface area contributed by atoms with Gasteiger partial charge >= 0.3 is 5.97 Å². The van der Waals surface area contributed by atoms with E-state index in [0.717, 1.165) is 39.7 Å². The summed E-state index contributed by atoms with van der Waals surface area (Å²) in [5.74, 6) is 0.415. The Morgan fingerprint density at radius 2 is 1.58 bits per heavy atom. The topological polar surface area (TPSA) is 77.3 Å². The zero-order chi connectivity index (χ0) is 32.1. The van der Waals surface area contributed by atoms with E-state index in [2.05, 4.69) is 64.8 Å². The minimum atomic E-state index is -0.345. The fourth-order valence-electron chi connectivity index (χ4n) is 5.14. The fraction of sp³-hybridized carbons (Fsp3) is 0.588. The number of halogens is 1. The average Bonchev–Trinajstić information content (AvgIpc) is 3.55. The van der Waals surface area contributed by atoms with Gasteiger partial charge in [-0.25, -0.2) is 4.98 Å². The van der Waals surface area contributed by atoms with Crippen molar-refractivity contribution in [1.29, 1.82) is 0 Å². The van der Waals surface area contributed by atoms with Crippen molar-refractivity contribution in [3.05, 3.63) is 56.7 Å². The molecule has 9 heteroatoms. The molecule has 0 unspecified atom stereocenters. The Morgan fingerprint density at radius 3 is 2.09 bits per heavy atom. The monoisotopic (exact) mass is 628 g/mol. The van der Waals surface area contributed by atoms with E-state index >= 15 is 0 Å². The molecular weight excluding hydrogens is 580 g/mol. The zero-order valence-corrected chi connectivity index (χ0v) is 29.2. The van der Waals surface area contributed by atoms with E-state index in [1.807, 2.05) is 31.7 Å². The summed E-state index contributed by atoms with van der Waals surface area (Å²) < 4.78 is 6.40. The Bertz CT molecular complexity index is 1370. The normalized spacial score (nSPS) is 14.3. The number of hydrogen-bond acceptors (Lipinski definition) is 6. The van der Waals surface area contributed by atoms with E-state index in [1.54, 1.807) is 16.0 Å². The number of nitrogens with zero attached hydrogens (tertiary/aromatic N) is 4. The lowest BCUT2D eigenvalue weighted by Crippen LogP contribution is -2.40. The minimum absolute atomic E-state index is 0.0208. The van der Waals surface area contributed by atoms with Crippen molar-refractivity contribution in [2.45, 2.75) is 111 Å². The van der Waals surface area contributed by atoms with Crippen LogP contribution >= 0.6 is 22.9 Å². The summed E-state index contributed by atoms with van der Waals surface area (Å²) in [7, 11) is 1.36. The van der Waals surface area contributed by atoms with Gasteiger partial charge in [-0.1, -0.05) is 61.5 Å². The van der Waals surface area contributed by atoms with Gasteiger partial charge in [-0.2, -0.15) is 5.10 Å². The third-order valence-electron chi connectivity index (χ3n) is 7.84. The van der Waals surface area contributed by atoms with Crippen molar-refractivity contribution in [2.24, 2.45) is 0 Å². The number of aryl methyl sites for hydroxylation is 1. The van der Waals surface area contributed by atoms with Crippen molar-refractivity contribution in [1.82, 2.24) is 19.7 Å². The van der Waals surface area contributed by atoms with E-state index in [9.17, 15) is 9.59 Å². The first kappa shape index (κ1) is 34.8. The molecule has 0 aliphatic carbocycles. The smallest absolute Gasteiger partial charge is 0.311 e. The molecule has 1 aliphatic heterocycles. The van der Waals surface area contributed by atoms with Gasteiger partial charge in [0.25, 0.3) is 0 Å². The number of carbonyl (C=O) groups excluding carboxylic acids is 2. The van der Waals surface area contributed by atoms with Gasteiger partial charge in [-0.15, -0.1) is 22.9 Å². The molecular formula is C34H49ClN4O3S. The predicted octanol–water partition coefficient (Wildman–Crippen LogP) is 7.80. The molecule has 3 heterocycles. The van der Waals surface area contributed by atoms with Crippen LogP contribution in [0, 0.1) is 6.92 Å². The number of aromatic nitrogens is 3. The summed E-state index contributed by atoms with van der Waals surface area (Å²) in [6.45, 7) is 20.9. The van der Waals surface area contributed by atoms with Crippen molar-refractivity contribution < 1.29 is 14.3 Å². The van der Waals surface area contributed by atoms with Crippen molar-refractivity contribution in [2.75, 3.05) is 20.2 Å². The van der Waals surface area contributed by atoms with Gasteiger partial charge in [0.05, 0.1) is 35.8 Å². The third kappa shape index (κ3) is 8.69. The molecule has 0 radical (unpaired) electrons. The number of ether oxygens (including phenoxy) is 1. The standard InChI is InChI=1S/C32H43ClN4O3S.C2H6/c1-20-13-25(17-28(39)40-8)35-37(20)19-27(38)36-11-9-21(10-12-36)30-34-29(26(18-33)41-30)22-14-23(31(2,3)4)16-24(15-22)32(5,6)7;1-2/h13-16,21H,9-12,17-19H2,1-8H3;1-2H3. The van der Waals surface area contributed by atoms with E-state index in [0.29, 0.717) is 30.6 Å². The first-order chi connectivity index (χ1) is 20.2. The van der Waals surface area contributed by atoms with E-state index < -0.39 is 0 Å². The first-order valence-electron chi connectivity index (χ1n) is 15.3. The lowest BCUT2D eigenvalue weighted by molar-refractivity contribution is -0.139. The van der Waals surface area contributed by atoms with Crippen LogP contribution in [0.1, 0.15) is 107 Å². The second kappa shape index (κ2) is 14.4. The predicted molar refractivity (Wildman–Crippen MR) is 177 cm³/mol. The number of methoxy groups -OCH3 is 1. The lowest BCUT2D eigenvalue weighted by Gasteiger charge is -2.31. The SMILES string of the molecule is CC.COC(=O)Cc1cc(C)n(CC(=O)N2CCC(c3nc(-c4cc(C(C)(C)C)cc(C(C)(C)C)c4)c(CCl)s3)CC2)n1. The highest BCUT2D eigenvalue weighted by molar-refractivity contribution is 7.12. The summed E-state index contributed by atoms with van der Waals surface area (Å²) in [4.78, 5) is 32.9. The second-order valence-electron chi connectivity index (χ2n) is 13.1. The van der Waals surface area contributed by atoms with Gasteiger partial charge in [0.2, 0.25) is 5.91 Å². The summed E-state index contributed by atoms with van der Waals surface area (Å²) >= 11 is 8.18. The zero-order valence-electron chi connectivity index (χ0n) is 27.6. The molecule has 3 aromatic rings. The number of likely N-dealkylation sites (tertiary alicyclic amines) is 1. The van der Waals surface area contributed by atoms with Crippen LogP contribution in [0.3, 0.4) is 0 Å². The Balaban J connectivity index is 0.00000248. The number of amides is 1. The number of piperidine rings is 1. The molecule has 2 aromatic heterocycles. The molecule has 0 spiro atoms. The highest BCUT2D eigenvalue weighted by Crippen LogP contribution is 2.40. The minimum Gasteiger partial charge on any atom is -0.469 e. The molecule has 4 rings (SSSR count). The Hall–Kier alpha value is -2.71. The molecule has 236 valence electrons. The van der Waals surface area contributed by atoms with Crippen LogP contribution in [0.4, 0.5) is 0 Å². The second-order valence-corrected chi connectivity index (χ2v) is 14.5. The molecule has 1 fully saturated rings. The van der Waals surface area contributed by atoms with Crippen LogP contribution in [-0.4, -0.2) is 51.7 Å². The van der Waals surface area contributed by atoms with Crippen LogP contribution in [0.2, 0.25) is 0 Å². The molecule has 43 heavy (non-hydrogen) atoms. The van der Waals surface area contributed by atoms with Crippen molar-refractivity contribution in [3.8, 4) is 11.3 Å². The van der Waals surface area contributed by atoms with Gasteiger partial charge in [0.1, 0.15) is 6.54 Å². The molecule has 1 saturated heterocycles. The summed E-state index contributed by atoms with van der Waals surface area (Å²) in [6, 6.07) is 8.71. The molecule has 0 atom stereocenters. The quantitative estimate of drug-likeness (QED) is 0.197. The maximum absolute atomic E-state index is 13.1. The maximum atomic E-state index is 13.1. The van der Waals surface area contributed by atoms with E-state index in [1.165, 1.54) is 18.2 Å². The molecule has 0 saturated carbocycles. The van der Waals surface area contributed by atoms with E-state index in [4.69, 9.17) is 21.3 Å². The van der Waals surface area contributed by atoms with Crippen molar-refractivity contribution >= 4 is 34.8 Å². The number of carbonyl (C=O) groups is 2. The third-order valence-corrected chi connectivity index (χ3v) is 9.48. The number of thiazole rings is 1. The number of rotatable bonds is 7. The molecule has 7 nitrogen and oxygen atoms in total. The van der Waals surface area contributed by atoms with Gasteiger partial charge in [-0.3, -0.25) is 14.3 Å². The summed E-state index contributed by atoms with van der Waals surface area (Å²) in [6.07, 6.45) is 1.82. The fourth-order valence-corrected chi connectivity index (χ4v) is 6.54. The Morgan fingerprint density at radius 1 is 1.00 bits per heavy atom. The van der Waals surface area contributed by atoms with Gasteiger partial charge in [0.15, 0.2) is 0 Å². The summed E-state index contributed by atoms with van der Waals surface area (Å²) in [5.41, 5.74) is 6.22. The molecule has 1 aliphatic rings. The number of hydrogen-bond donors (Lipinski definition) is 0. The average molecular weight is 629 g/mol. The number of benzene rings is 1. The lowest BCUT2D eigenvalue weighted by atomic mass is 9.79. The van der Waals surface area contributed by atoms with Crippen LogP contribution in [0.25, 0.3) is 11.3 Å². The highest BCUT2D eigenvalue weighted by Gasteiger charge is 2.29.